The molecule has 0 aliphatic heterocycles. The van der Waals surface area contributed by atoms with E-state index in [-0.39, 0.29) is 18.4 Å². The third-order valence-corrected chi connectivity index (χ3v) is 3.74. The van der Waals surface area contributed by atoms with E-state index in [9.17, 15) is 9.59 Å². The Bertz CT molecular complexity index is 318. The molecule has 1 N–H and O–H groups in total. The van der Waals surface area contributed by atoms with Gasteiger partial charge in [-0.2, -0.15) is 0 Å². The maximum absolute atomic E-state index is 12.4. The Hall–Kier alpha value is -1.10. The summed E-state index contributed by atoms with van der Waals surface area (Å²) < 4.78 is 0. The van der Waals surface area contributed by atoms with Gasteiger partial charge >= 0.3 is 5.97 Å². The van der Waals surface area contributed by atoms with Crippen LogP contribution in [0.5, 0.6) is 0 Å². The predicted octanol–water partition coefficient (Wildman–Crippen LogP) is 1.29. The van der Waals surface area contributed by atoms with Gasteiger partial charge in [0.25, 0.3) is 0 Å². The van der Waals surface area contributed by atoms with Crippen molar-refractivity contribution in [2.45, 2.75) is 32.6 Å². The number of aliphatic carboxylic acids is 1. The van der Waals surface area contributed by atoms with E-state index in [1.807, 2.05) is 19.0 Å². The molecule has 1 saturated carbocycles. The molecule has 1 rings (SSSR count). The van der Waals surface area contributed by atoms with E-state index < -0.39 is 5.97 Å². The highest BCUT2D eigenvalue weighted by atomic mass is 16.4. The van der Waals surface area contributed by atoms with Crippen molar-refractivity contribution in [3.8, 4) is 0 Å². The Labute approximate surface area is 115 Å². The van der Waals surface area contributed by atoms with E-state index in [1.165, 1.54) is 11.3 Å². The first-order valence-corrected chi connectivity index (χ1v) is 7.05. The summed E-state index contributed by atoms with van der Waals surface area (Å²) in [4.78, 5) is 26.8. The first-order chi connectivity index (χ1) is 8.90. The fraction of sp³-hybridized carbons (Fsp3) is 0.857. The Morgan fingerprint density at radius 3 is 2.42 bits per heavy atom. The zero-order valence-corrected chi connectivity index (χ0v) is 12.3. The highest BCUT2D eigenvalue weighted by Gasteiger charge is 2.29. The molecule has 0 saturated heterocycles. The highest BCUT2D eigenvalue weighted by Crippen LogP contribution is 2.29. The van der Waals surface area contributed by atoms with Gasteiger partial charge in [0.15, 0.2) is 0 Å². The summed E-state index contributed by atoms with van der Waals surface area (Å²) in [7, 11) is 3.85. The lowest BCUT2D eigenvalue weighted by Crippen LogP contribution is -2.44. The van der Waals surface area contributed by atoms with Crippen LogP contribution in [0.4, 0.5) is 0 Å². The van der Waals surface area contributed by atoms with Crippen LogP contribution in [0.3, 0.4) is 0 Å². The van der Waals surface area contributed by atoms with Crippen molar-refractivity contribution in [3.63, 3.8) is 0 Å². The smallest absolute Gasteiger partial charge is 0.323 e. The first-order valence-electron chi connectivity index (χ1n) is 7.05. The minimum atomic E-state index is -0.934. The molecule has 0 aromatic heterocycles. The number of carbonyl (C=O) groups is 2. The molecule has 0 aromatic carbocycles. The van der Waals surface area contributed by atoms with Crippen LogP contribution in [0, 0.1) is 11.8 Å². The molecule has 0 bridgehead atoms. The summed E-state index contributed by atoms with van der Waals surface area (Å²) in [6, 6.07) is 0. The molecule has 0 aromatic rings. The summed E-state index contributed by atoms with van der Waals surface area (Å²) in [5, 5.41) is 8.94. The highest BCUT2D eigenvalue weighted by molar-refractivity contribution is 5.83. The normalized spacial score (nSPS) is 23.4. The van der Waals surface area contributed by atoms with Crippen LogP contribution >= 0.6 is 0 Å². The second kappa shape index (κ2) is 7.48. The van der Waals surface area contributed by atoms with Gasteiger partial charge in [-0.1, -0.05) is 19.8 Å². The van der Waals surface area contributed by atoms with Crippen molar-refractivity contribution in [3.05, 3.63) is 0 Å². The summed E-state index contributed by atoms with van der Waals surface area (Å²) in [5.41, 5.74) is 0. The van der Waals surface area contributed by atoms with Crippen LogP contribution < -0.4 is 0 Å². The zero-order valence-electron chi connectivity index (χ0n) is 12.3. The number of amides is 1. The first kappa shape index (κ1) is 16.0. The zero-order chi connectivity index (χ0) is 14.4. The maximum atomic E-state index is 12.4. The third-order valence-electron chi connectivity index (χ3n) is 3.74. The fourth-order valence-corrected chi connectivity index (χ4v) is 2.67. The van der Waals surface area contributed by atoms with Crippen LogP contribution in [-0.4, -0.2) is 60.5 Å². The van der Waals surface area contributed by atoms with E-state index in [1.54, 1.807) is 0 Å². The van der Waals surface area contributed by atoms with E-state index in [0.29, 0.717) is 19.0 Å². The molecule has 1 aliphatic rings. The van der Waals surface area contributed by atoms with Crippen molar-refractivity contribution in [2.75, 3.05) is 33.7 Å². The number of carbonyl (C=O) groups excluding carboxylic acids is 1. The van der Waals surface area contributed by atoms with Crippen LogP contribution in [0.1, 0.15) is 32.6 Å². The minimum absolute atomic E-state index is 0.0188. The average molecular weight is 270 g/mol. The lowest BCUT2D eigenvalue weighted by atomic mass is 9.81. The van der Waals surface area contributed by atoms with Crippen molar-refractivity contribution >= 4 is 11.9 Å². The minimum Gasteiger partial charge on any atom is -0.480 e. The number of likely N-dealkylation sites (N-methyl/N-ethyl adjacent to an activating group) is 1. The molecule has 5 heteroatoms. The maximum Gasteiger partial charge on any atom is 0.323 e. The second-order valence-electron chi connectivity index (χ2n) is 5.93. The van der Waals surface area contributed by atoms with Crippen LogP contribution in [0.15, 0.2) is 0 Å². The van der Waals surface area contributed by atoms with Crippen LogP contribution in [0.2, 0.25) is 0 Å². The lowest BCUT2D eigenvalue weighted by molar-refractivity contribution is -0.147. The fourth-order valence-electron chi connectivity index (χ4n) is 2.67. The number of carboxylic acids is 1. The average Bonchev–Trinajstić information content (AvgIpc) is 2.33. The van der Waals surface area contributed by atoms with Gasteiger partial charge < -0.3 is 14.9 Å². The molecule has 5 nitrogen and oxygen atoms in total. The molecule has 110 valence electrons. The standard InChI is InChI=1S/C14H26N2O3/c1-11-5-4-6-12(9-11)14(19)16(10-13(17)18)8-7-15(2)3/h11-12H,4-10H2,1-3H3,(H,17,18). The van der Waals surface area contributed by atoms with Crippen LogP contribution in [-0.2, 0) is 9.59 Å². The molecule has 1 aliphatic carbocycles. The molecule has 0 spiro atoms. The largest absolute Gasteiger partial charge is 0.480 e. The molecule has 1 amide bonds. The quantitative estimate of drug-likeness (QED) is 0.790. The SMILES string of the molecule is CC1CCCC(C(=O)N(CCN(C)C)CC(=O)O)C1. The van der Waals surface area contributed by atoms with E-state index in [2.05, 4.69) is 6.92 Å². The topological polar surface area (TPSA) is 60.9 Å². The Kier molecular flexibility index (Phi) is 6.28. The van der Waals surface area contributed by atoms with Gasteiger partial charge in [0.05, 0.1) is 0 Å². The monoisotopic (exact) mass is 270 g/mol. The third kappa shape index (κ3) is 5.59. The van der Waals surface area contributed by atoms with E-state index in [0.717, 1.165) is 19.3 Å². The summed E-state index contributed by atoms with van der Waals surface area (Å²) >= 11 is 0. The predicted molar refractivity (Wildman–Crippen MR) is 73.9 cm³/mol. The Morgan fingerprint density at radius 2 is 1.89 bits per heavy atom. The van der Waals surface area contributed by atoms with Gasteiger partial charge in [-0.05, 0) is 32.9 Å². The number of carboxylic acid groups (broad SMARTS) is 1. The number of nitrogens with zero attached hydrogens (tertiary/aromatic N) is 2. The molecule has 19 heavy (non-hydrogen) atoms. The van der Waals surface area contributed by atoms with Crippen molar-refractivity contribution in [2.24, 2.45) is 11.8 Å². The van der Waals surface area contributed by atoms with Gasteiger partial charge in [0.2, 0.25) is 5.91 Å². The summed E-state index contributed by atoms with van der Waals surface area (Å²) in [5.74, 6) is -0.319. The van der Waals surface area contributed by atoms with E-state index >= 15 is 0 Å². The Balaban J connectivity index is 2.61. The van der Waals surface area contributed by atoms with Gasteiger partial charge in [0, 0.05) is 19.0 Å². The number of hydrogen-bond donors (Lipinski definition) is 1. The van der Waals surface area contributed by atoms with Crippen molar-refractivity contribution in [1.82, 2.24) is 9.80 Å². The second-order valence-corrected chi connectivity index (χ2v) is 5.93. The van der Waals surface area contributed by atoms with Gasteiger partial charge in [-0.15, -0.1) is 0 Å². The summed E-state index contributed by atoms with van der Waals surface area (Å²) in [6.45, 7) is 3.17. The van der Waals surface area contributed by atoms with Crippen molar-refractivity contribution in [1.29, 1.82) is 0 Å². The molecule has 2 unspecified atom stereocenters. The van der Waals surface area contributed by atoms with Crippen molar-refractivity contribution < 1.29 is 14.7 Å². The molecule has 2 atom stereocenters. The molecule has 1 fully saturated rings. The van der Waals surface area contributed by atoms with Gasteiger partial charge in [-0.25, -0.2) is 0 Å². The number of rotatable bonds is 6. The van der Waals surface area contributed by atoms with Crippen LogP contribution in [0.25, 0.3) is 0 Å². The lowest BCUT2D eigenvalue weighted by Gasteiger charge is -2.31. The summed E-state index contributed by atoms with van der Waals surface area (Å²) in [6.07, 6.45) is 4.06. The van der Waals surface area contributed by atoms with E-state index in [4.69, 9.17) is 5.11 Å². The molecule has 0 heterocycles. The van der Waals surface area contributed by atoms with Gasteiger partial charge in [-0.3, -0.25) is 9.59 Å². The molecular weight excluding hydrogens is 244 g/mol. The molecule has 0 radical (unpaired) electrons. The van der Waals surface area contributed by atoms with Gasteiger partial charge in [0.1, 0.15) is 6.54 Å². The Morgan fingerprint density at radius 1 is 1.21 bits per heavy atom. The number of hydrogen-bond acceptors (Lipinski definition) is 3. The molecular formula is C14H26N2O3.